The van der Waals surface area contributed by atoms with Gasteiger partial charge in [0.2, 0.25) is 0 Å². The Hall–Kier alpha value is -4.27. The molecule has 1 amide bonds. The molecule has 1 saturated heterocycles. The standard InChI is InChI=1S/C28H29N3O6/c1-2-13-35-21-6-3-5-19(16-21)25-24(26(32)20-7-8-22-23(17-20)37-15-14-36-22)27(33)28(34)31(25)11-4-10-30-12-9-29-18-30/h3,5-9,12,16-18,25,32H,2,4,10-11,13-15H2,1H3. The summed E-state index contributed by atoms with van der Waals surface area (Å²) in [5.41, 5.74) is 1.11. The van der Waals surface area contributed by atoms with Crippen LogP contribution in [0.15, 0.2) is 66.8 Å². The van der Waals surface area contributed by atoms with Gasteiger partial charge in [0.25, 0.3) is 11.7 Å². The van der Waals surface area contributed by atoms with E-state index in [2.05, 4.69) is 4.98 Å². The lowest BCUT2D eigenvalue weighted by molar-refractivity contribution is -0.139. The number of imidazole rings is 1. The van der Waals surface area contributed by atoms with Crippen LogP contribution >= 0.6 is 0 Å². The minimum absolute atomic E-state index is 0.0388. The van der Waals surface area contributed by atoms with Gasteiger partial charge in [0.15, 0.2) is 11.5 Å². The van der Waals surface area contributed by atoms with Crippen LogP contribution in [0.2, 0.25) is 0 Å². The third-order valence-electron chi connectivity index (χ3n) is 6.38. The first-order valence-corrected chi connectivity index (χ1v) is 12.4. The van der Waals surface area contributed by atoms with Gasteiger partial charge >= 0.3 is 0 Å². The van der Waals surface area contributed by atoms with Gasteiger partial charge in [-0.1, -0.05) is 19.1 Å². The number of carbonyl (C=O) groups excluding carboxylic acids is 2. The highest BCUT2D eigenvalue weighted by molar-refractivity contribution is 6.46. The summed E-state index contributed by atoms with van der Waals surface area (Å²) in [4.78, 5) is 32.2. The molecule has 3 heterocycles. The van der Waals surface area contributed by atoms with Crippen molar-refractivity contribution in [3.8, 4) is 17.2 Å². The van der Waals surface area contributed by atoms with Gasteiger partial charge in [-0.2, -0.15) is 0 Å². The summed E-state index contributed by atoms with van der Waals surface area (Å²) in [5.74, 6) is 0.0750. The molecular formula is C28H29N3O6. The molecule has 9 nitrogen and oxygen atoms in total. The molecule has 0 aliphatic carbocycles. The molecule has 1 N–H and O–H groups in total. The summed E-state index contributed by atoms with van der Waals surface area (Å²) >= 11 is 0. The molecule has 2 aromatic carbocycles. The van der Waals surface area contributed by atoms with Crippen molar-refractivity contribution in [2.24, 2.45) is 0 Å². The predicted molar refractivity (Wildman–Crippen MR) is 136 cm³/mol. The van der Waals surface area contributed by atoms with Crippen LogP contribution in [0.3, 0.4) is 0 Å². The van der Waals surface area contributed by atoms with Crippen LogP contribution in [0.25, 0.3) is 5.76 Å². The van der Waals surface area contributed by atoms with Gasteiger partial charge in [-0.15, -0.1) is 0 Å². The average Bonchev–Trinajstić information content (AvgIpc) is 3.54. The molecule has 0 spiro atoms. The number of benzene rings is 2. The number of likely N-dealkylation sites (tertiary alicyclic amines) is 1. The summed E-state index contributed by atoms with van der Waals surface area (Å²) in [6.07, 6.45) is 6.71. The summed E-state index contributed by atoms with van der Waals surface area (Å²) in [5, 5.41) is 11.4. The Morgan fingerprint density at radius 2 is 1.95 bits per heavy atom. The van der Waals surface area contributed by atoms with E-state index in [1.807, 2.05) is 42.0 Å². The van der Waals surface area contributed by atoms with Gasteiger partial charge in [-0.05, 0) is 48.7 Å². The Morgan fingerprint density at radius 1 is 1.11 bits per heavy atom. The summed E-state index contributed by atoms with van der Waals surface area (Å²) in [7, 11) is 0. The fourth-order valence-electron chi connectivity index (χ4n) is 4.64. The van der Waals surface area contributed by atoms with E-state index in [9.17, 15) is 14.7 Å². The van der Waals surface area contributed by atoms with E-state index in [1.54, 1.807) is 30.7 Å². The van der Waals surface area contributed by atoms with Crippen molar-refractivity contribution >= 4 is 17.4 Å². The molecule has 5 rings (SSSR count). The maximum atomic E-state index is 13.3. The van der Waals surface area contributed by atoms with Gasteiger partial charge in [0, 0.05) is 31.0 Å². The second-order valence-electron chi connectivity index (χ2n) is 8.93. The molecule has 3 aromatic rings. The van der Waals surface area contributed by atoms with Crippen molar-refractivity contribution in [1.29, 1.82) is 0 Å². The van der Waals surface area contributed by atoms with Crippen LogP contribution in [0, 0.1) is 0 Å². The van der Waals surface area contributed by atoms with Crippen molar-refractivity contribution in [2.75, 3.05) is 26.4 Å². The second kappa shape index (κ2) is 10.8. The maximum absolute atomic E-state index is 13.3. The van der Waals surface area contributed by atoms with Crippen molar-refractivity contribution < 1.29 is 28.9 Å². The SMILES string of the molecule is CCCOc1cccc(C2C(=C(O)c3ccc4c(c3)OCCO4)C(=O)C(=O)N2CCCn2ccnc2)c1. The maximum Gasteiger partial charge on any atom is 0.295 e. The van der Waals surface area contributed by atoms with Crippen molar-refractivity contribution in [2.45, 2.75) is 32.4 Å². The van der Waals surface area contributed by atoms with E-state index >= 15 is 0 Å². The number of fused-ring (bicyclic) bond motifs is 1. The number of Topliss-reactive ketones (excluding diaryl/α,β-unsaturated/α-hetero) is 1. The first-order valence-electron chi connectivity index (χ1n) is 12.4. The number of aliphatic hydroxyl groups excluding tert-OH is 1. The third kappa shape index (κ3) is 5.02. The normalized spacial score (nSPS) is 18.3. The third-order valence-corrected chi connectivity index (χ3v) is 6.38. The zero-order chi connectivity index (χ0) is 25.8. The summed E-state index contributed by atoms with van der Waals surface area (Å²) in [6, 6.07) is 11.6. The highest BCUT2D eigenvalue weighted by Gasteiger charge is 2.46. The molecule has 1 unspecified atom stereocenters. The van der Waals surface area contributed by atoms with Crippen LogP contribution in [-0.4, -0.2) is 57.6 Å². The van der Waals surface area contributed by atoms with Crippen LogP contribution in [0.4, 0.5) is 0 Å². The smallest absolute Gasteiger partial charge is 0.295 e. The quantitative estimate of drug-likeness (QED) is 0.268. The lowest BCUT2D eigenvalue weighted by Gasteiger charge is -2.26. The topological polar surface area (TPSA) is 103 Å². The van der Waals surface area contributed by atoms with E-state index in [1.165, 1.54) is 4.90 Å². The summed E-state index contributed by atoms with van der Waals surface area (Å²) < 4.78 is 19.0. The predicted octanol–water partition coefficient (Wildman–Crippen LogP) is 3.96. The average molecular weight is 504 g/mol. The molecule has 9 heteroatoms. The van der Waals surface area contributed by atoms with Crippen LogP contribution in [0.1, 0.15) is 36.9 Å². The second-order valence-corrected chi connectivity index (χ2v) is 8.93. The first-order chi connectivity index (χ1) is 18.1. The zero-order valence-electron chi connectivity index (χ0n) is 20.6. The van der Waals surface area contributed by atoms with E-state index in [4.69, 9.17) is 14.2 Å². The first kappa shape index (κ1) is 24.4. The molecule has 2 aliphatic rings. The molecule has 0 saturated carbocycles. The number of aromatic nitrogens is 2. The minimum Gasteiger partial charge on any atom is -0.507 e. The number of carbonyl (C=O) groups is 2. The summed E-state index contributed by atoms with van der Waals surface area (Å²) in [6.45, 7) is 4.36. The van der Waals surface area contributed by atoms with Gasteiger partial charge in [0.05, 0.1) is 24.5 Å². The Bertz CT molecular complexity index is 1320. The van der Waals surface area contributed by atoms with Gasteiger partial charge in [-0.25, -0.2) is 4.98 Å². The highest BCUT2D eigenvalue weighted by Crippen LogP contribution is 2.41. The van der Waals surface area contributed by atoms with Gasteiger partial charge in [-0.3, -0.25) is 9.59 Å². The molecule has 1 fully saturated rings. The number of hydrogen-bond donors (Lipinski definition) is 1. The number of ketones is 1. The van der Waals surface area contributed by atoms with Gasteiger partial charge in [0.1, 0.15) is 24.7 Å². The fourth-order valence-corrected chi connectivity index (χ4v) is 4.64. The monoisotopic (exact) mass is 503 g/mol. The molecule has 37 heavy (non-hydrogen) atoms. The van der Waals surface area contributed by atoms with Crippen LogP contribution < -0.4 is 14.2 Å². The van der Waals surface area contributed by atoms with E-state index in [-0.39, 0.29) is 11.3 Å². The number of ether oxygens (including phenoxy) is 3. The van der Waals surface area contributed by atoms with Crippen molar-refractivity contribution in [3.05, 3.63) is 77.9 Å². The van der Waals surface area contributed by atoms with Crippen molar-refractivity contribution in [3.63, 3.8) is 0 Å². The minimum atomic E-state index is -0.763. The number of nitrogens with zero attached hydrogens (tertiary/aromatic N) is 3. The van der Waals surface area contributed by atoms with E-state index in [0.717, 1.165) is 6.42 Å². The van der Waals surface area contributed by atoms with Gasteiger partial charge < -0.3 is 28.8 Å². The number of hydrogen-bond acceptors (Lipinski definition) is 7. The van der Waals surface area contributed by atoms with E-state index in [0.29, 0.717) is 67.7 Å². The molecule has 0 radical (unpaired) electrons. The Balaban J connectivity index is 1.53. The van der Waals surface area contributed by atoms with Crippen molar-refractivity contribution in [1.82, 2.24) is 14.5 Å². The molecule has 1 atom stereocenters. The fraction of sp³-hybridized carbons (Fsp3) is 0.321. The van der Waals surface area contributed by atoms with Crippen LogP contribution in [0.5, 0.6) is 17.2 Å². The number of rotatable bonds is 9. The molecule has 1 aromatic heterocycles. The highest BCUT2D eigenvalue weighted by atomic mass is 16.6. The molecule has 2 aliphatic heterocycles. The Labute approximate surface area is 214 Å². The molecule has 192 valence electrons. The Morgan fingerprint density at radius 3 is 2.73 bits per heavy atom. The number of aliphatic hydroxyl groups is 1. The number of aryl methyl sites for hydroxylation is 1. The zero-order valence-corrected chi connectivity index (χ0v) is 20.6. The number of amides is 1. The lowest BCUT2D eigenvalue weighted by atomic mass is 9.95. The molecule has 0 bridgehead atoms. The van der Waals surface area contributed by atoms with E-state index < -0.39 is 17.7 Å². The molecular weight excluding hydrogens is 474 g/mol. The Kier molecular flexibility index (Phi) is 7.11. The van der Waals surface area contributed by atoms with Crippen LogP contribution in [-0.2, 0) is 16.1 Å². The lowest BCUT2D eigenvalue weighted by Crippen LogP contribution is -2.31. The largest absolute Gasteiger partial charge is 0.507 e.